The fourth-order valence-electron chi connectivity index (χ4n) is 4.53. The van der Waals surface area contributed by atoms with Crippen LogP contribution in [0.25, 0.3) is 11.1 Å². The Hall–Kier alpha value is -1.65. The van der Waals surface area contributed by atoms with E-state index in [1.807, 2.05) is 19.1 Å². The Bertz CT molecular complexity index is 739. The number of halogens is 1. The SMILES string of the molecule is CCOc1ccc(-c2ccc(CC[Si@H]3CC[C@H](CCCOC)CC3)cc2)c(F)c1. The molecule has 4 heteroatoms. The van der Waals surface area contributed by atoms with Crippen molar-refractivity contribution in [2.75, 3.05) is 20.3 Å². The first-order valence-electron chi connectivity index (χ1n) is 11.2. The third-order valence-electron chi connectivity index (χ3n) is 6.28. The van der Waals surface area contributed by atoms with Gasteiger partial charge in [-0.3, -0.25) is 0 Å². The second kappa shape index (κ2) is 11.5. The van der Waals surface area contributed by atoms with Crippen LogP contribution in [0.15, 0.2) is 42.5 Å². The number of benzene rings is 2. The number of aryl methyl sites for hydroxylation is 1. The number of methoxy groups -OCH3 is 1. The molecule has 3 rings (SSSR count). The zero-order chi connectivity index (χ0) is 20.5. The highest BCUT2D eigenvalue weighted by atomic mass is 28.3. The maximum Gasteiger partial charge on any atom is 0.134 e. The molecule has 0 saturated carbocycles. The van der Waals surface area contributed by atoms with E-state index in [0.717, 1.165) is 18.1 Å². The maximum absolute atomic E-state index is 14.4. The summed E-state index contributed by atoms with van der Waals surface area (Å²) in [6, 6.07) is 18.0. The van der Waals surface area contributed by atoms with Crippen molar-refractivity contribution in [1.29, 1.82) is 0 Å². The molecule has 29 heavy (non-hydrogen) atoms. The van der Waals surface area contributed by atoms with Crippen LogP contribution in [0.1, 0.15) is 38.2 Å². The smallest absolute Gasteiger partial charge is 0.134 e. The Morgan fingerprint density at radius 1 is 1.07 bits per heavy atom. The van der Waals surface area contributed by atoms with Crippen molar-refractivity contribution in [1.82, 2.24) is 0 Å². The minimum atomic E-state index is -0.573. The van der Waals surface area contributed by atoms with Gasteiger partial charge in [-0.1, -0.05) is 55.2 Å². The van der Waals surface area contributed by atoms with Crippen molar-refractivity contribution in [3.8, 4) is 16.9 Å². The summed E-state index contributed by atoms with van der Waals surface area (Å²) in [4.78, 5) is 0. The second-order valence-corrected chi connectivity index (χ2v) is 11.8. The topological polar surface area (TPSA) is 18.5 Å². The normalized spacial score (nSPS) is 19.3. The molecular weight excluding hydrogens is 379 g/mol. The lowest BCUT2D eigenvalue weighted by molar-refractivity contribution is 0.185. The second-order valence-electron chi connectivity index (χ2n) is 8.33. The van der Waals surface area contributed by atoms with Crippen LogP contribution in [-0.4, -0.2) is 29.1 Å². The van der Waals surface area contributed by atoms with E-state index < -0.39 is 8.80 Å². The van der Waals surface area contributed by atoms with Crippen molar-refractivity contribution in [3.63, 3.8) is 0 Å². The molecule has 1 saturated heterocycles. The Labute approximate surface area is 177 Å². The van der Waals surface area contributed by atoms with Crippen molar-refractivity contribution in [2.24, 2.45) is 5.92 Å². The van der Waals surface area contributed by atoms with Crippen molar-refractivity contribution >= 4 is 8.80 Å². The first-order chi connectivity index (χ1) is 14.2. The Kier molecular flexibility index (Phi) is 8.75. The molecule has 1 aliphatic heterocycles. The van der Waals surface area contributed by atoms with Gasteiger partial charge in [-0.25, -0.2) is 4.39 Å². The molecule has 1 heterocycles. The third kappa shape index (κ3) is 6.68. The summed E-state index contributed by atoms with van der Waals surface area (Å²) in [5, 5.41) is 0. The quantitative estimate of drug-likeness (QED) is 0.326. The van der Waals surface area contributed by atoms with Crippen molar-refractivity contribution < 1.29 is 13.9 Å². The van der Waals surface area contributed by atoms with Gasteiger partial charge in [0.2, 0.25) is 0 Å². The fraction of sp³-hybridized carbons (Fsp3) is 0.520. The van der Waals surface area contributed by atoms with Crippen LogP contribution in [0, 0.1) is 11.7 Å². The van der Waals surface area contributed by atoms with Gasteiger partial charge in [-0.15, -0.1) is 0 Å². The molecule has 0 bridgehead atoms. The van der Waals surface area contributed by atoms with Crippen LogP contribution in [0.5, 0.6) is 5.75 Å². The number of hydrogen-bond acceptors (Lipinski definition) is 2. The molecule has 0 atom stereocenters. The first kappa shape index (κ1) is 22.0. The summed E-state index contributed by atoms with van der Waals surface area (Å²) in [6.45, 7) is 3.36. The van der Waals surface area contributed by atoms with E-state index in [0.29, 0.717) is 17.9 Å². The Morgan fingerprint density at radius 3 is 2.48 bits per heavy atom. The number of rotatable bonds is 10. The maximum atomic E-state index is 14.4. The summed E-state index contributed by atoms with van der Waals surface area (Å²) in [5.74, 6) is 1.30. The molecule has 0 aliphatic carbocycles. The molecule has 0 spiro atoms. The average Bonchev–Trinajstić information content (AvgIpc) is 2.74. The van der Waals surface area contributed by atoms with Gasteiger partial charge in [-0.2, -0.15) is 0 Å². The lowest BCUT2D eigenvalue weighted by Crippen LogP contribution is -2.22. The van der Waals surface area contributed by atoms with Gasteiger partial charge < -0.3 is 9.47 Å². The van der Waals surface area contributed by atoms with Gasteiger partial charge >= 0.3 is 0 Å². The molecule has 0 N–H and O–H groups in total. The minimum Gasteiger partial charge on any atom is -0.494 e. The van der Waals surface area contributed by atoms with E-state index in [1.165, 1.54) is 61.9 Å². The van der Waals surface area contributed by atoms with E-state index >= 15 is 0 Å². The van der Waals surface area contributed by atoms with E-state index in [4.69, 9.17) is 9.47 Å². The van der Waals surface area contributed by atoms with Crippen molar-refractivity contribution in [3.05, 3.63) is 53.8 Å². The predicted octanol–water partition coefficient (Wildman–Crippen LogP) is 6.50. The molecule has 1 fully saturated rings. The van der Waals surface area contributed by atoms with Gasteiger partial charge in [0, 0.05) is 34.1 Å². The van der Waals surface area contributed by atoms with Crippen LogP contribution < -0.4 is 4.74 Å². The lowest BCUT2D eigenvalue weighted by Gasteiger charge is -2.27. The van der Waals surface area contributed by atoms with Crippen LogP contribution in [0.2, 0.25) is 18.1 Å². The third-order valence-corrected chi connectivity index (χ3v) is 9.69. The zero-order valence-corrected chi connectivity index (χ0v) is 19.1. The zero-order valence-electron chi connectivity index (χ0n) is 18.0. The average molecular weight is 415 g/mol. The number of hydrogen-bond donors (Lipinski definition) is 0. The minimum absolute atomic E-state index is 0.224. The molecule has 0 radical (unpaired) electrons. The summed E-state index contributed by atoms with van der Waals surface area (Å²) < 4.78 is 25.0. The van der Waals surface area contributed by atoms with Crippen LogP contribution in [-0.2, 0) is 11.2 Å². The summed E-state index contributed by atoms with van der Waals surface area (Å²) in [5.41, 5.74) is 2.96. The molecule has 1 aliphatic rings. The summed E-state index contributed by atoms with van der Waals surface area (Å²) >= 11 is 0. The van der Waals surface area contributed by atoms with Crippen LogP contribution in [0.4, 0.5) is 4.39 Å². The summed E-state index contributed by atoms with van der Waals surface area (Å²) in [7, 11) is 1.22. The van der Waals surface area contributed by atoms with Gasteiger partial charge in [0.1, 0.15) is 11.6 Å². The van der Waals surface area contributed by atoms with Gasteiger partial charge in [0.15, 0.2) is 0 Å². The fourth-order valence-corrected chi connectivity index (χ4v) is 8.03. The molecular formula is C25H35FO2Si. The highest BCUT2D eigenvalue weighted by Gasteiger charge is 2.21. The summed E-state index contributed by atoms with van der Waals surface area (Å²) in [6.07, 6.45) is 6.62. The van der Waals surface area contributed by atoms with Crippen LogP contribution in [0.3, 0.4) is 0 Å². The molecule has 0 aromatic heterocycles. The monoisotopic (exact) mass is 414 g/mol. The molecule has 2 aromatic carbocycles. The Balaban J connectivity index is 1.47. The van der Waals surface area contributed by atoms with Crippen LogP contribution >= 0.6 is 0 Å². The molecule has 2 aromatic rings. The highest BCUT2D eigenvalue weighted by molar-refractivity contribution is 6.59. The first-order valence-corrected chi connectivity index (χ1v) is 13.6. The highest BCUT2D eigenvalue weighted by Crippen LogP contribution is 2.31. The van der Waals surface area contributed by atoms with Crippen molar-refractivity contribution in [2.45, 2.75) is 57.2 Å². The number of ether oxygens (including phenoxy) is 2. The molecule has 158 valence electrons. The van der Waals surface area contributed by atoms with Gasteiger partial charge in [0.05, 0.1) is 6.61 Å². The predicted molar refractivity (Wildman–Crippen MR) is 122 cm³/mol. The molecule has 0 unspecified atom stereocenters. The standard InChI is InChI=1S/C25H35FO2Si/c1-3-28-23-10-11-24(25(26)19-23)22-8-6-21(7-9-22)14-18-29-16-12-20(13-17-29)5-4-15-27-2/h6-11,19-20,29H,3-5,12-18H2,1-2H3/t20-,29-. The molecule has 0 amide bonds. The van der Waals surface area contributed by atoms with E-state index in [1.54, 1.807) is 7.11 Å². The largest absolute Gasteiger partial charge is 0.494 e. The van der Waals surface area contributed by atoms with E-state index in [9.17, 15) is 4.39 Å². The van der Waals surface area contributed by atoms with Gasteiger partial charge in [-0.05, 0) is 55.4 Å². The Morgan fingerprint density at radius 2 is 1.83 bits per heavy atom. The van der Waals surface area contributed by atoms with E-state index in [-0.39, 0.29) is 5.82 Å². The van der Waals surface area contributed by atoms with E-state index in [2.05, 4.69) is 24.3 Å². The molecule has 2 nitrogen and oxygen atoms in total. The van der Waals surface area contributed by atoms with Gasteiger partial charge in [0.25, 0.3) is 0 Å². The lowest BCUT2D eigenvalue weighted by atomic mass is 9.97.